The second kappa shape index (κ2) is 4.67. The number of nitrogens with two attached hydrogens (primary N) is 1. The van der Waals surface area contributed by atoms with Crippen LogP contribution < -0.4 is 11.3 Å². The van der Waals surface area contributed by atoms with Gasteiger partial charge in [0, 0.05) is 17.1 Å². The van der Waals surface area contributed by atoms with Gasteiger partial charge in [0.1, 0.15) is 0 Å². The van der Waals surface area contributed by atoms with Gasteiger partial charge < -0.3 is 0 Å². The second-order valence-electron chi connectivity index (χ2n) is 5.30. The van der Waals surface area contributed by atoms with E-state index in [0.29, 0.717) is 0 Å². The van der Waals surface area contributed by atoms with Gasteiger partial charge in [-0.1, -0.05) is 25.0 Å². The first-order valence-corrected chi connectivity index (χ1v) is 6.59. The van der Waals surface area contributed by atoms with Crippen molar-refractivity contribution in [3.05, 3.63) is 41.6 Å². The molecule has 3 nitrogen and oxygen atoms in total. The van der Waals surface area contributed by atoms with Crippen LogP contribution >= 0.6 is 0 Å². The lowest BCUT2D eigenvalue weighted by Crippen LogP contribution is -2.28. The maximum absolute atomic E-state index is 5.68. The molecule has 18 heavy (non-hydrogen) atoms. The van der Waals surface area contributed by atoms with Crippen molar-refractivity contribution in [2.24, 2.45) is 11.8 Å². The summed E-state index contributed by atoms with van der Waals surface area (Å²) in [6.07, 6.45) is 3.85. The maximum atomic E-state index is 5.68. The van der Waals surface area contributed by atoms with Crippen LogP contribution in [0.3, 0.4) is 0 Å². The van der Waals surface area contributed by atoms with E-state index in [0.717, 1.165) is 23.5 Å². The molecule has 0 saturated heterocycles. The molecule has 94 valence electrons. The molecular weight excluding hydrogens is 222 g/mol. The van der Waals surface area contributed by atoms with Gasteiger partial charge in [-0.3, -0.25) is 16.3 Å². The Morgan fingerprint density at radius 1 is 1.33 bits per heavy atom. The molecule has 3 rings (SSSR count). The number of hydrazine groups is 1. The van der Waals surface area contributed by atoms with Gasteiger partial charge in [0.05, 0.1) is 5.52 Å². The van der Waals surface area contributed by atoms with Crippen molar-refractivity contribution in [1.29, 1.82) is 0 Å². The minimum atomic E-state index is 0.267. The number of benzene rings is 1. The molecule has 1 heterocycles. The maximum Gasteiger partial charge on any atom is 0.0705 e. The van der Waals surface area contributed by atoms with Crippen LogP contribution in [0.5, 0.6) is 0 Å². The van der Waals surface area contributed by atoms with E-state index < -0.39 is 0 Å². The van der Waals surface area contributed by atoms with Gasteiger partial charge in [-0.2, -0.15) is 0 Å². The molecule has 3 N–H and O–H groups in total. The number of nitrogens with one attached hydrogen (secondary N) is 1. The van der Waals surface area contributed by atoms with Crippen molar-refractivity contribution in [3.63, 3.8) is 0 Å². The first-order chi connectivity index (χ1) is 8.76. The summed E-state index contributed by atoms with van der Waals surface area (Å²) in [7, 11) is 0. The molecule has 1 unspecified atom stereocenters. The lowest BCUT2D eigenvalue weighted by Gasteiger charge is -2.16. The summed E-state index contributed by atoms with van der Waals surface area (Å²) < 4.78 is 0. The molecule has 1 saturated carbocycles. The predicted octanol–water partition coefficient (Wildman–Crippen LogP) is 2.85. The molecule has 1 atom stereocenters. The summed E-state index contributed by atoms with van der Waals surface area (Å²) in [5.41, 5.74) is 6.33. The third-order valence-corrected chi connectivity index (χ3v) is 3.72. The molecular formula is C15H19N3. The molecule has 1 aromatic carbocycles. The highest BCUT2D eigenvalue weighted by Gasteiger charge is 2.25. The Morgan fingerprint density at radius 2 is 2.17 bits per heavy atom. The van der Waals surface area contributed by atoms with Gasteiger partial charge in [0.25, 0.3) is 0 Å². The molecule has 0 amide bonds. The largest absolute Gasteiger partial charge is 0.271 e. The van der Waals surface area contributed by atoms with Crippen LogP contribution in [0.1, 0.15) is 36.6 Å². The molecule has 3 heteroatoms. The third-order valence-electron chi connectivity index (χ3n) is 3.72. The number of rotatable bonds is 4. The lowest BCUT2D eigenvalue weighted by molar-refractivity contribution is 0.487. The lowest BCUT2D eigenvalue weighted by atomic mass is 10.00. The van der Waals surface area contributed by atoms with Crippen LogP contribution in [0, 0.1) is 12.8 Å². The van der Waals surface area contributed by atoms with E-state index in [9.17, 15) is 0 Å². The third kappa shape index (κ3) is 2.37. The van der Waals surface area contributed by atoms with E-state index in [2.05, 4.69) is 40.7 Å². The summed E-state index contributed by atoms with van der Waals surface area (Å²) in [5, 5.41) is 1.19. The van der Waals surface area contributed by atoms with Crippen LogP contribution in [0.4, 0.5) is 0 Å². The van der Waals surface area contributed by atoms with Crippen LogP contribution in [-0.2, 0) is 0 Å². The first-order valence-electron chi connectivity index (χ1n) is 6.59. The Morgan fingerprint density at radius 3 is 2.89 bits per heavy atom. The highest BCUT2D eigenvalue weighted by Crippen LogP contribution is 2.37. The monoisotopic (exact) mass is 241 g/mol. The van der Waals surface area contributed by atoms with Gasteiger partial charge >= 0.3 is 0 Å². The molecule has 1 aliphatic rings. The fourth-order valence-corrected chi connectivity index (χ4v) is 2.45. The number of aromatic nitrogens is 1. The Labute approximate surface area is 107 Å². The average Bonchev–Trinajstić information content (AvgIpc) is 3.19. The van der Waals surface area contributed by atoms with Gasteiger partial charge in [0.2, 0.25) is 0 Å². The highest BCUT2D eigenvalue weighted by molar-refractivity contribution is 5.79. The number of hydrogen-bond donors (Lipinski definition) is 2. The first kappa shape index (κ1) is 11.6. The number of nitrogens with zero attached hydrogens (tertiary/aromatic N) is 1. The molecule has 0 aliphatic heterocycles. The van der Waals surface area contributed by atoms with Crippen molar-refractivity contribution < 1.29 is 0 Å². The van der Waals surface area contributed by atoms with E-state index in [-0.39, 0.29) is 6.04 Å². The van der Waals surface area contributed by atoms with Crippen molar-refractivity contribution in [2.45, 2.75) is 32.2 Å². The molecule has 1 aromatic heterocycles. The second-order valence-corrected chi connectivity index (χ2v) is 5.30. The topological polar surface area (TPSA) is 50.9 Å². The van der Waals surface area contributed by atoms with Gasteiger partial charge in [-0.25, -0.2) is 0 Å². The summed E-state index contributed by atoms with van der Waals surface area (Å²) >= 11 is 0. The van der Waals surface area contributed by atoms with Crippen LogP contribution in [0.2, 0.25) is 0 Å². The Balaban J connectivity index is 1.93. The normalized spacial score (nSPS) is 17.0. The van der Waals surface area contributed by atoms with E-state index >= 15 is 0 Å². The zero-order chi connectivity index (χ0) is 12.5. The number of aryl methyl sites for hydroxylation is 1. The summed E-state index contributed by atoms with van der Waals surface area (Å²) in [4.78, 5) is 4.52. The Bertz CT molecular complexity index is 561. The van der Waals surface area contributed by atoms with E-state index in [1.54, 1.807) is 0 Å². The SMILES string of the molecule is Cc1ccc2cc(C(CC3CC3)NN)ccc2n1. The molecule has 1 fully saturated rings. The van der Waals surface area contributed by atoms with Gasteiger partial charge in [-0.15, -0.1) is 0 Å². The number of pyridine rings is 1. The zero-order valence-electron chi connectivity index (χ0n) is 10.7. The predicted molar refractivity (Wildman–Crippen MR) is 73.9 cm³/mol. The van der Waals surface area contributed by atoms with E-state index in [1.807, 2.05) is 6.92 Å². The minimum absolute atomic E-state index is 0.267. The van der Waals surface area contributed by atoms with Crippen LogP contribution in [0.25, 0.3) is 10.9 Å². The fraction of sp³-hybridized carbons (Fsp3) is 0.400. The van der Waals surface area contributed by atoms with Crippen molar-refractivity contribution in [1.82, 2.24) is 10.4 Å². The smallest absolute Gasteiger partial charge is 0.0705 e. The average molecular weight is 241 g/mol. The molecule has 2 aromatic rings. The van der Waals surface area contributed by atoms with Crippen LogP contribution in [0.15, 0.2) is 30.3 Å². The summed E-state index contributed by atoms with van der Waals surface area (Å²) in [5.74, 6) is 6.54. The van der Waals surface area contributed by atoms with E-state index in [1.165, 1.54) is 23.8 Å². The van der Waals surface area contributed by atoms with E-state index in [4.69, 9.17) is 5.84 Å². The quantitative estimate of drug-likeness (QED) is 0.639. The highest BCUT2D eigenvalue weighted by atomic mass is 15.2. The Hall–Kier alpha value is -1.45. The molecule has 1 aliphatic carbocycles. The minimum Gasteiger partial charge on any atom is -0.271 e. The number of fused-ring (bicyclic) bond motifs is 1. The zero-order valence-corrected chi connectivity index (χ0v) is 10.7. The van der Waals surface area contributed by atoms with Gasteiger partial charge in [-0.05, 0) is 43.0 Å². The summed E-state index contributed by atoms with van der Waals surface area (Å²) in [6.45, 7) is 2.02. The molecule has 0 bridgehead atoms. The standard InChI is InChI=1S/C15H19N3/c1-10-2-5-12-9-13(6-7-14(12)17-10)15(18-16)8-11-3-4-11/h2,5-7,9,11,15,18H,3-4,8,16H2,1H3. The van der Waals surface area contributed by atoms with Crippen molar-refractivity contribution in [2.75, 3.05) is 0 Å². The van der Waals surface area contributed by atoms with Crippen molar-refractivity contribution in [3.8, 4) is 0 Å². The van der Waals surface area contributed by atoms with Crippen molar-refractivity contribution >= 4 is 10.9 Å². The number of hydrogen-bond acceptors (Lipinski definition) is 3. The van der Waals surface area contributed by atoms with Gasteiger partial charge in [0.15, 0.2) is 0 Å². The fourth-order valence-electron chi connectivity index (χ4n) is 2.45. The molecule has 0 radical (unpaired) electrons. The molecule has 0 spiro atoms. The Kier molecular flexibility index (Phi) is 3.02. The summed E-state index contributed by atoms with van der Waals surface area (Å²) in [6, 6.07) is 10.9. The van der Waals surface area contributed by atoms with Crippen LogP contribution in [-0.4, -0.2) is 4.98 Å².